The smallest absolute Gasteiger partial charge is 0.331 e. The number of rotatable bonds is 13. The summed E-state index contributed by atoms with van der Waals surface area (Å²) in [5.41, 5.74) is 0. The zero-order valence-corrected chi connectivity index (χ0v) is 33.8. The quantitative estimate of drug-likeness (QED) is 0.0777. The molecule has 4 fully saturated rings. The number of unbranched alkanes of at least 4 members (excludes halogenated alkanes) is 5. The molecule has 0 spiro atoms. The van der Waals surface area contributed by atoms with Gasteiger partial charge in [0.15, 0.2) is 0 Å². The maximum atomic E-state index is 2.36. The average molecular weight is 699 g/mol. The predicted molar refractivity (Wildman–Crippen MR) is 191 cm³/mol. The molecule has 0 aliphatic heterocycles. The van der Waals surface area contributed by atoms with Gasteiger partial charge in [-0.1, -0.05) is 129 Å². The number of nitrogens with zero attached hydrogens (tertiary/aromatic N) is 1. The predicted octanol–water partition coefficient (Wildman–Crippen LogP) is 13.3. The molecule has 0 amide bonds. The first-order valence-electron chi connectivity index (χ1n) is 19.2. The van der Waals surface area contributed by atoms with Gasteiger partial charge in [0.05, 0.1) is 27.7 Å². The Hall–Kier alpha value is 0.999. The van der Waals surface area contributed by atoms with E-state index in [-0.39, 0.29) is 34.1 Å². The minimum Gasteiger partial charge on any atom is -0.331 e. The van der Waals surface area contributed by atoms with Crippen LogP contribution in [0.25, 0.3) is 0 Å². The summed E-state index contributed by atoms with van der Waals surface area (Å²) in [6.45, 7) is 15.2. The van der Waals surface area contributed by atoms with Crippen molar-refractivity contribution in [2.45, 2.75) is 196 Å². The van der Waals surface area contributed by atoms with Gasteiger partial charge in [-0.15, -0.1) is 0 Å². The first kappa shape index (κ1) is 47.1. The third-order valence-electron chi connectivity index (χ3n) is 10.9. The molecule has 0 aromatic rings. The van der Waals surface area contributed by atoms with Crippen molar-refractivity contribution in [3.63, 3.8) is 0 Å². The van der Waals surface area contributed by atoms with Crippen LogP contribution in [0.15, 0.2) is 0 Å². The molecule has 4 aliphatic rings. The summed E-state index contributed by atoms with van der Waals surface area (Å²) in [6.07, 6.45) is 34.5. The van der Waals surface area contributed by atoms with E-state index in [1.54, 1.807) is 23.7 Å². The molecule has 0 bridgehead atoms. The fraction of sp³-hybridized carbons (Fsp3) is 0.902. The molecule has 0 aromatic heterocycles. The Kier molecular flexibility index (Phi) is 31.0. The van der Waals surface area contributed by atoms with Crippen LogP contribution >= 0.6 is 0 Å². The van der Waals surface area contributed by atoms with E-state index in [0.29, 0.717) is 0 Å². The van der Waals surface area contributed by atoms with Crippen LogP contribution in [0, 0.1) is 41.4 Å². The molecule has 1 nitrogen and oxygen atoms in total. The van der Waals surface area contributed by atoms with Gasteiger partial charge in [-0.25, -0.2) is 0 Å². The summed E-state index contributed by atoms with van der Waals surface area (Å²) in [4.78, 5) is 0. The molecule has 0 heterocycles. The van der Waals surface area contributed by atoms with Gasteiger partial charge in [0.1, 0.15) is 0 Å². The van der Waals surface area contributed by atoms with Gasteiger partial charge < -0.3 is 28.2 Å². The summed E-state index contributed by atoms with van der Waals surface area (Å²) in [5, 5.41) is 0. The van der Waals surface area contributed by atoms with E-state index in [9.17, 15) is 0 Å². The van der Waals surface area contributed by atoms with Gasteiger partial charge in [0, 0.05) is 0 Å². The molecular weight excluding hydrogens is 618 g/mol. The van der Waals surface area contributed by atoms with E-state index in [4.69, 9.17) is 0 Å². The monoisotopic (exact) mass is 698 g/mol. The zero-order valence-electron chi connectivity index (χ0n) is 31.6. The minimum atomic E-state index is 0. The molecule has 4 rings (SSSR count). The Bertz CT molecular complexity index is 570. The van der Waals surface area contributed by atoms with Crippen molar-refractivity contribution in [3.8, 4) is 0 Å². The molecule has 4 saturated carbocycles. The first-order valence-corrected chi connectivity index (χ1v) is 19.2. The third kappa shape index (κ3) is 24.2. The first-order chi connectivity index (χ1) is 20.1. The van der Waals surface area contributed by atoms with E-state index >= 15 is 0 Å². The van der Waals surface area contributed by atoms with E-state index in [1.165, 1.54) is 161 Å². The summed E-state index contributed by atoms with van der Waals surface area (Å²) in [5.74, 6) is 10.0. The normalized spacial score (nSPS) is 24.3. The van der Waals surface area contributed by atoms with Gasteiger partial charge in [-0.2, -0.15) is 77.6 Å². The van der Waals surface area contributed by atoms with Crippen LogP contribution < -0.4 is 0 Å². The second-order valence-electron chi connectivity index (χ2n) is 16.0. The minimum absolute atomic E-state index is 0. The Balaban J connectivity index is 0. The van der Waals surface area contributed by atoms with E-state index in [0.717, 1.165) is 22.2 Å². The van der Waals surface area contributed by atoms with Crippen molar-refractivity contribution in [2.24, 2.45) is 17.8 Å². The average Bonchev–Trinajstić information content (AvgIpc) is 3.75. The molecule has 3 unspecified atom stereocenters. The van der Waals surface area contributed by atoms with E-state index in [1.807, 2.05) is 0 Å². The molecular formula is C41H80Fe2N+. The summed E-state index contributed by atoms with van der Waals surface area (Å²) < 4.78 is 1.12. The van der Waals surface area contributed by atoms with Crippen LogP contribution in [-0.2, 0) is 34.1 Å². The van der Waals surface area contributed by atoms with Gasteiger partial charge in [-0.05, 0) is 6.42 Å². The summed E-state index contributed by atoms with van der Waals surface area (Å²) in [6, 6.07) is 0. The summed E-state index contributed by atoms with van der Waals surface area (Å²) in [7, 11) is 6.85. The van der Waals surface area contributed by atoms with Crippen molar-refractivity contribution in [1.82, 2.24) is 0 Å². The molecule has 3 heteroatoms. The van der Waals surface area contributed by atoms with Crippen molar-refractivity contribution < 1.29 is 38.6 Å². The van der Waals surface area contributed by atoms with Crippen LogP contribution in [0.3, 0.4) is 0 Å². The van der Waals surface area contributed by atoms with Crippen molar-refractivity contribution in [2.75, 3.05) is 27.7 Å². The summed E-state index contributed by atoms with van der Waals surface area (Å²) >= 11 is 0. The fourth-order valence-corrected chi connectivity index (χ4v) is 7.64. The molecule has 0 aromatic carbocycles. The Labute approximate surface area is 301 Å². The van der Waals surface area contributed by atoms with Crippen LogP contribution in [0.4, 0.5) is 0 Å². The topological polar surface area (TPSA) is 0 Å². The second kappa shape index (κ2) is 29.0. The van der Waals surface area contributed by atoms with Crippen molar-refractivity contribution in [1.29, 1.82) is 0 Å². The van der Waals surface area contributed by atoms with Crippen LogP contribution in [0.2, 0.25) is 0 Å². The molecule has 3 atom stereocenters. The third-order valence-corrected chi connectivity index (χ3v) is 10.9. The molecule has 0 saturated heterocycles. The molecule has 0 N–H and O–H groups in total. The largest absolute Gasteiger partial charge is 2.00 e. The van der Waals surface area contributed by atoms with Gasteiger partial charge >= 0.3 is 34.1 Å². The zero-order chi connectivity index (χ0) is 31.2. The Morgan fingerprint density at radius 1 is 0.477 bits per heavy atom. The van der Waals surface area contributed by atoms with Crippen LogP contribution in [0.1, 0.15) is 196 Å². The fourth-order valence-electron chi connectivity index (χ4n) is 7.64. The number of hydrogen-bond donors (Lipinski definition) is 0. The second-order valence-corrected chi connectivity index (χ2v) is 16.0. The SMILES string of the molecule is CCCCCC1CCC[C-]1C.CCCCCC1CCC[C-]1C.C[C-]1CCCC1.C[C-]1CCCC1CCCC[N+](C)(C)C.[Fe+2].[Fe+2]. The van der Waals surface area contributed by atoms with Gasteiger partial charge in [0.2, 0.25) is 0 Å². The van der Waals surface area contributed by atoms with Crippen LogP contribution in [-0.4, -0.2) is 32.2 Å². The van der Waals surface area contributed by atoms with Crippen molar-refractivity contribution >= 4 is 0 Å². The standard InChI is InChI=1S/C13H27N.2C11H21.C6H11.2Fe/c1-12-8-7-10-13(12)9-5-6-11-14(2,3)4;2*1-3-4-5-8-11-9-6-7-10(11)2;1-6-4-2-3-5-6;;/h13H,5-11H2,1-4H3;2*11H,3-9H2,1-2H3;2-5H2,1H3;;/q;3*-1;2*+2. The molecule has 44 heavy (non-hydrogen) atoms. The maximum absolute atomic E-state index is 2.36. The van der Waals surface area contributed by atoms with E-state index in [2.05, 4.69) is 62.7 Å². The Morgan fingerprint density at radius 3 is 1.05 bits per heavy atom. The van der Waals surface area contributed by atoms with Gasteiger partial charge in [-0.3, -0.25) is 0 Å². The molecule has 264 valence electrons. The van der Waals surface area contributed by atoms with Crippen LogP contribution in [0.5, 0.6) is 0 Å². The number of quaternary nitrogens is 1. The van der Waals surface area contributed by atoms with Gasteiger partial charge in [0.25, 0.3) is 0 Å². The molecule has 4 aliphatic carbocycles. The molecule has 0 radical (unpaired) electrons. The number of hydrogen-bond acceptors (Lipinski definition) is 0. The Morgan fingerprint density at radius 2 is 0.818 bits per heavy atom. The maximum Gasteiger partial charge on any atom is 2.00 e. The van der Waals surface area contributed by atoms with E-state index < -0.39 is 0 Å². The van der Waals surface area contributed by atoms with Crippen molar-refractivity contribution in [3.05, 3.63) is 23.7 Å².